The molecule has 1 aliphatic carbocycles. The summed E-state index contributed by atoms with van der Waals surface area (Å²) in [7, 11) is 3.13. The normalized spacial score (nSPS) is 19.2. The predicted octanol–water partition coefficient (Wildman–Crippen LogP) is 7.17. The van der Waals surface area contributed by atoms with E-state index in [-0.39, 0.29) is 18.0 Å². The molecule has 1 amide bonds. The minimum atomic E-state index is -0.753. The summed E-state index contributed by atoms with van der Waals surface area (Å²) in [5.41, 5.74) is 5.35. The number of amides is 1. The van der Waals surface area contributed by atoms with Crippen LogP contribution in [0.25, 0.3) is 33.6 Å². The van der Waals surface area contributed by atoms with Gasteiger partial charge in [0.2, 0.25) is 17.7 Å². The predicted molar refractivity (Wildman–Crippen MR) is 181 cm³/mol. The van der Waals surface area contributed by atoms with E-state index in [1.807, 2.05) is 36.4 Å². The van der Waals surface area contributed by atoms with Crippen LogP contribution in [-0.4, -0.2) is 58.3 Å². The van der Waals surface area contributed by atoms with Crippen LogP contribution >= 0.6 is 23.2 Å². The molecule has 0 radical (unpaired) electrons. The number of nitrogens with zero attached hydrogens (tertiary/aromatic N) is 4. The monoisotopic (exact) mass is 678 g/mol. The lowest BCUT2D eigenvalue weighted by Gasteiger charge is -2.16. The van der Waals surface area contributed by atoms with Crippen molar-refractivity contribution in [1.29, 1.82) is 0 Å². The molecule has 1 saturated heterocycles. The summed E-state index contributed by atoms with van der Waals surface area (Å²) in [5.74, 6) is 0.947. The number of hydrogen-bond acceptors (Lipinski definition) is 8. The van der Waals surface area contributed by atoms with Crippen molar-refractivity contribution in [2.24, 2.45) is 0 Å². The number of hydrogen-bond donors (Lipinski definition) is 2. The second-order valence-corrected chi connectivity index (χ2v) is 12.7. The van der Waals surface area contributed by atoms with E-state index in [0.717, 1.165) is 42.5 Å². The Bertz CT molecular complexity index is 1760. The fraction of sp³-hybridized carbons (Fsp3) is 0.400. The Hall–Kier alpha value is -3.86. The Morgan fingerprint density at radius 2 is 1.47 bits per heavy atom. The van der Waals surface area contributed by atoms with Crippen LogP contribution in [-0.2, 0) is 17.8 Å². The first-order chi connectivity index (χ1) is 22.8. The van der Waals surface area contributed by atoms with Gasteiger partial charge in [-0.3, -0.25) is 14.8 Å². The lowest BCUT2D eigenvalue weighted by Crippen LogP contribution is -2.26. The third-order valence-electron chi connectivity index (χ3n) is 8.83. The highest BCUT2D eigenvalue weighted by molar-refractivity contribution is 6.39. The zero-order valence-electron chi connectivity index (χ0n) is 26.4. The molecule has 3 atom stereocenters. The van der Waals surface area contributed by atoms with Crippen LogP contribution in [0.2, 0.25) is 10.0 Å². The number of aromatic nitrogens is 4. The van der Waals surface area contributed by atoms with Crippen molar-refractivity contribution in [3.05, 3.63) is 70.2 Å². The number of benzene rings is 2. The molecule has 1 aliphatic heterocycles. The van der Waals surface area contributed by atoms with Gasteiger partial charge in [0, 0.05) is 47.3 Å². The van der Waals surface area contributed by atoms with E-state index in [4.69, 9.17) is 42.6 Å². The third-order valence-corrected chi connectivity index (χ3v) is 9.64. The van der Waals surface area contributed by atoms with Crippen molar-refractivity contribution in [3.63, 3.8) is 0 Å². The number of carbonyl (C=O) groups is 1. The molecule has 2 aromatic heterocycles. The molecule has 1 saturated carbocycles. The minimum absolute atomic E-state index is 0.117. The number of nitrogens with one attached hydrogen (secondary N) is 2. The standard InChI is InChI=1S/C35H37Cl2FN6O3/c1-46-34-27(11-3-6-21-14-15-31(45)42-21)40-17-28(43-34)25-9-4-7-23(32(25)36)24-8-5-10-26(33(24)37)29-18-41-30(35(44-29)47-2)19-39-22-13-12-20(38)16-22/h4-5,7-10,17-18,20-22,39H,3,6,11-16,19H2,1-2H3,(H,42,45)/t20?,21-,22?/m1/s1. The van der Waals surface area contributed by atoms with Crippen molar-refractivity contribution in [2.45, 2.75) is 76.2 Å². The second kappa shape index (κ2) is 14.9. The molecule has 9 nitrogen and oxygen atoms in total. The highest BCUT2D eigenvalue weighted by Gasteiger charge is 2.25. The number of methoxy groups -OCH3 is 2. The fourth-order valence-corrected chi connectivity index (χ4v) is 6.96. The number of rotatable bonds is 12. The van der Waals surface area contributed by atoms with Gasteiger partial charge in [-0.05, 0) is 44.9 Å². The number of ether oxygens (including phenoxy) is 2. The minimum Gasteiger partial charge on any atom is -0.480 e. The number of carbonyl (C=O) groups excluding carboxylic acids is 1. The van der Waals surface area contributed by atoms with Crippen LogP contribution in [0.1, 0.15) is 56.3 Å². The first-order valence-corrected chi connectivity index (χ1v) is 16.6. The Labute approximate surface area is 283 Å². The maximum Gasteiger partial charge on any atom is 0.237 e. The van der Waals surface area contributed by atoms with Gasteiger partial charge >= 0.3 is 0 Å². The molecule has 2 aromatic carbocycles. The maximum absolute atomic E-state index is 13.6. The summed E-state index contributed by atoms with van der Waals surface area (Å²) in [6.07, 6.45) is 8.41. The lowest BCUT2D eigenvalue weighted by molar-refractivity contribution is -0.119. The summed E-state index contributed by atoms with van der Waals surface area (Å²) in [4.78, 5) is 30.3. The molecule has 4 aromatic rings. The first kappa shape index (κ1) is 33.1. The van der Waals surface area contributed by atoms with E-state index in [2.05, 4.69) is 20.6 Å². The summed E-state index contributed by atoms with van der Waals surface area (Å²) in [5, 5.41) is 7.31. The molecule has 12 heteroatoms. The molecular weight excluding hydrogens is 642 g/mol. The first-order valence-electron chi connectivity index (χ1n) is 15.9. The van der Waals surface area contributed by atoms with Crippen LogP contribution in [0.3, 0.4) is 0 Å². The highest BCUT2D eigenvalue weighted by Crippen LogP contribution is 2.42. The number of aryl methyl sites for hydroxylation is 1. The Balaban J connectivity index is 1.22. The molecule has 246 valence electrons. The van der Waals surface area contributed by atoms with Crippen molar-refractivity contribution in [2.75, 3.05) is 14.2 Å². The summed E-state index contributed by atoms with van der Waals surface area (Å²) in [6, 6.07) is 11.7. The average Bonchev–Trinajstić information content (AvgIpc) is 3.71. The van der Waals surface area contributed by atoms with E-state index in [9.17, 15) is 9.18 Å². The molecule has 2 unspecified atom stereocenters. The van der Waals surface area contributed by atoms with E-state index in [1.165, 1.54) is 0 Å². The van der Waals surface area contributed by atoms with Gasteiger partial charge in [-0.1, -0.05) is 59.6 Å². The summed E-state index contributed by atoms with van der Waals surface area (Å²) < 4.78 is 24.8. The quantitative estimate of drug-likeness (QED) is 0.162. The van der Waals surface area contributed by atoms with Crippen molar-refractivity contribution in [1.82, 2.24) is 30.6 Å². The Kier molecular flexibility index (Phi) is 10.5. The zero-order chi connectivity index (χ0) is 32.9. The molecule has 6 rings (SSSR count). The van der Waals surface area contributed by atoms with E-state index < -0.39 is 6.17 Å². The highest BCUT2D eigenvalue weighted by atomic mass is 35.5. The number of halogens is 3. The molecule has 2 N–H and O–H groups in total. The van der Waals surface area contributed by atoms with Crippen LogP contribution in [0.4, 0.5) is 4.39 Å². The summed E-state index contributed by atoms with van der Waals surface area (Å²) in [6.45, 7) is 0.429. The van der Waals surface area contributed by atoms with E-state index in [1.54, 1.807) is 26.6 Å². The van der Waals surface area contributed by atoms with E-state index >= 15 is 0 Å². The molecule has 2 aliphatic rings. The topological polar surface area (TPSA) is 111 Å². The van der Waals surface area contributed by atoms with Crippen LogP contribution in [0, 0.1) is 0 Å². The Morgan fingerprint density at radius 3 is 2.02 bits per heavy atom. The largest absolute Gasteiger partial charge is 0.480 e. The molecule has 0 bridgehead atoms. The van der Waals surface area contributed by atoms with Crippen LogP contribution < -0.4 is 20.1 Å². The van der Waals surface area contributed by atoms with Crippen molar-refractivity contribution >= 4 is 29.1 Å². The van der Waals surface area contributed by atoms with Crippen LogP contribution in [0.15, 0.2) is 48.8 Å². The van der Waals surface area contributed by atoms with Gasteiger partial charge in [0.25, 0.3) is 0 Å². The fourth-order valence-electron chi connectivity index (χ4n) is 6.31. The van der Waals surface area contributed by atoms with Gasteiger partial charge in [0.15, 0.2) is 0 Å². The maximum atomic E-state index is 13.6. The van der Waals surface area contributed by atoms with Gasteiger partial charge in [0.1, 0.15) is 17.6 Å². The Morgan fingerprint density at radius 1 is 0.872 bits per heavy atom. The SMILES string of the molecule is COc1nc(-c2cccc(-c3cccc(-c4cnc(CNC5CCC(F)C5)c(OC)n4)c3Cl)c2Cl)cnc1CCC[C@@H]1CCC(=O)N1. The van der Waals surface area contributed by atoms with E-state index in [0.29, 0.717) is 82.2 Å². The average molecular weight is 680 g/mol. The summed E-state index contributed by atoms with van der Waals surface area (Å²) >= 11 is 14.1. The van der Waals surface area contributed by atoms with Gasteiger partial charge in [-0.15, -0.1) is 0 Å². The van der Waals surface area contributed by atoms with Gasteiger partial charge in [0.05, 0.1) is 48.0 Å². The lowest BCUT2D eigenvalue weighted by atomic mass is 9.98. The number of alkyl halides is 1. The van der Waals surface area contributed by atoms with Gasteiger partial charge in [-0.2, -0.15) is 0 Å². The van der Waals surface area contributed by atoms with Crippen molar-refractivity contribution < 1.29 is 18.7 Å². The molecule has 2 fully saturated rings. The molecule has 0 spiro atoms. The van der Waals surface area contributed by atoms with Gasteiger partial charge < -0.3 is 20.1 Å². The van der Waals surface area contributed by atoms with Crippen LogP contribution in [0.5, 0.6) is 11.8 Å². The molecule has 3 heterocycles. The third kappa shape index (κ3) is 7.50. The second-order valence-electron chi connectivity index (χ2n) is 11.9. The van der Waals surface area contributed by atoms with Crippen molar-refractivity contribution in [3.8, 4) is 45.4 Å². The smallest absolute Gasteiger partial charge is 0.237 e. The molecule has 47 heavy (non-hydrogen) atoms. The molecular formula is C35H37Cl2FN6O3. The zero-order valence-corrected chi connectivity index (χ0v) is 27.9. The van der Waals surface area contributed by atoms with Gasteiger partial charge in [-0.25, -0.2) is 14.4 Å².